The Bertz CT molecular complexity index is 580. The molecule has 0 fully saturated rings. The van der Waals surface area contributed by atoms with Gasteiger partial charge < -0.3 is 14.5 Å². The van der Waals surface area contributed by atoms with Crippen molar-refractivity contribution < 1.29 is 9.15 Å². The molecule has 2 rings (SSSR count). The van der Waals surface area contributed by atoms with E-state index < -0.39 is 0 Å². The van der Waals surface area contributed by atoms with Gasteiger partial charge in [-0.3, -0.25) is 0 Å². The molecule has 0 spiro atoms. The fourth-order valence-electron chi connectivity index (χ4n) is 2.31. The number of aryl methyl sites for hydroxylation is 1. The summed E-state index contributed by atoms with van der Waals surface area (Å²) in [7, 11) is 0. The van der Waals surface area contributed by atoms with Crippen molar-refractivity contribution >= 4 is 15.9 Å². The minimum absolute atomic E-state index is 0.0420. The van der Waals surface area contributed by atoms with Crippen molar-refractivity contribution in [2.45, 2.75) is 33.2 Å². The second kappa shape index (κ2) is 7.66. The maximum atomic E-state index is 5.92. The van der Waals surface area contributed by atoms with Crippen LogP contribution < -0.4 is 10.1 Å². The second-order valence-electron chi connectivity index (χ2n) is 4.76. The van der Waals surface area contributed by atoms with Gasteiger partial charge in [-0.1, -0.05) is 35.8 Å². The molecule has 3 nitrogen and oxygen atoms in total. The molecule has 1 unspecified atom stereocenters. The number of furan rings is 1. The molecule has 0 aliphatic carbocycles. The third kappa shape index (κ3) is 3.89. The highest BCUT2D eigenvalue weighted by Crippen LogP contribution is 2.32. The van der Waals surface area contributed by atoms with Crippen LogP contribution in [0.4, 0.5) is 0 Å². The molecule has 1 heterocycles. The van der Waals surface area contributed by atoms with Crippen molar-refractivity contribution in [3.8, 4) is 5.75 Å². The zero-order chi connectivity index (χ0) is 15.2. The van der Waals surface area contributed by atoms with Crippen LogP contribution in [0.5, 0.6) is 5.75 Å². The van der Waals surface area contributed by atoms with Crippen molar-refractivity contribution in [3.05, 3.63) is 51.9 Å². The summed E-state index contributed by atoms with van der Waals surface area (Å²) in [5.41, 5.74) is 1.15. The average molecular weight is 352 g/mol. The van der Waals surface area contributed by atoms with E-state index in [1.165, 1.54) is 0 Å². The van der Waals surface area contributed by atoms with Crippen molar-refractivity contribution in [1.82, 2.24) is 5.32 Å². The topological polar surface area (TPSA) is 34.4 Å². The number of hydrogen-bond donors (Lipinski definition) is 1. The van der Waals surface area contributed by atoms with Gasteiger partial charge in [0.05, 0.1) is 12.6 Å². The van der Waals surface area contributed by atoms with Gasteiger partial charge in [-0.25, -0.2) is 0 Å². The summed E-state index contributed by atoms with van der Waals surface area (Å²) < 4.78 is 12.5. The molecule has 1 atom stereocenters. The van der Waals surface area contributed by atoms with E-state index in [0.717, 1.165) is 40.3 Å². The summed E-state index contributed by atoms with van der Waals surface area (Å²) in [5, 5.41) is 3.48. The quantitative estimate of drug-likeness (QED) is 0.784. The van der Waals surface area contributed by atoms with Gasteiger partial charge in [0.25, 0.3) is 0 Å². The smallest absolute Gasteiger partial charge is 0.125 e. The van der Waals surface area contributed by atoms with Crippen LogP contribution in [0.1, 0.15) is 43.9 Å². The fraction of sp³-hybridized carbons (Fsp3) is 0.412. The number of ether oxygens (including phenoxy) is 1. The van der Waals surface area contributed by atoms with Gasteiger partial charge in [-0.15, -0.1) is 0 Å². The molecular weight excluding hydrogens is 330 g/mol. The molecule has 0 aliphatic rings. The van der Waals surface area contributed by atoms with Gasteiger partial charge in [0.2, 0.25) is 0 Å². The Morgan fingerprint density at radius 3 is 2.57 bits per heavy atom. The molecule has 114 valence electrons. The Balaban J connectivity index is 2.33. The zero-order valence-corrected chi connectivity index (χ0v) is 14.4. The predicted molar refractivity (Wildman–Crippen MR) is 88.9 cm³/mol. The van der Waals surface area contributed by atoms with Crippen LogP contribution in [0, 0.1) is 0 Å². The average Bonchev–Trinajstić information content (AvgIpc) is 2.95. The first-order chi connectivity index (χ1) is 10.2. The summed E-state index contributed by atoms with van der Waals surface area (Å²) in [4.78, 5) is 0. The van der Waals surface area contributed by atoms with Gasteiger partial charge in [-0.2, -0.15) is 0 Å². The number of rotatable bonds is 7. The van der Waals surface area contributed by atoms with Crippen LogP contribution in [-0.2, 0) is 6.42 Å². The van der Waals surface area contributed by atoms with Crippen LogP contribution in [0.3, 0.4) is 0 Å². The van der Waals surface area contributed by atoms with Crippen LogP contribution in [-0.4, -0.2) is 13.2 Å². The van der Waals surface area contributed by atoms with E-state index in [9.17, 15) is 0 Å². The summed E-state index contributed by atoms with van der Waals surface area (Å²) in [6.07, 6.45) is 0.906. The molecule has 0 radical (unpaired) electrons. The largest absolute Gasteiger partial charge is 0.494 e. The second-order valence-corrected chi connectivity index (χ2v) is 5.62. The lowest BCUT2D eigenvalue weighted by molar-refractivity contribution is 0.339. The normalized spacial score (nSPS) is 12.4. The van der Waals surface area contributed by atoms with Gasteiger partial charge in [0, 0.05) is 10.9 Å². The molecule has 2 aromatic rings. The van der Waals surface area contributed by atoms with E-state index in [2.05, 4.69) is 47.2 Å². The standard InChI is InChI=1S/C17H22BrNO2/c1-4-12-8-10-16(21-12)17(19-5-2)14-9-7-13(20-6-3)11-15(14)18/h7-11,17,19H,4-6H2,1-3H3. The Kier molecular flexibility index (Phi) is 5.88. The third-order valence-corrected chi connectivity index (χ3v) is 4.00. The fourth-order valence-corrected chi connectivity index (χ4v) is 2.89. The minimum atomic E-state index is 0.0420. The number of benzene rings is 1. The van der Waals surface area contributed by atoms with Crippen molar-refractivity contribution in [2.24, 2.45) is 0 Å². The first kappa shape index (κ1) is 16.1. The van der Waals surface area contributed by atoms with Crippen LogP contribution >= 0.6 is 15.9 Å². The Morgan fingerprint density at radius 1 is 1.19 bits per heavy atom. The van der Waals surface area contributed by atoms with Crippen LogP contribution in [0.25, 0.3) is 0 Å². The lowest BCUT2D eigenvalue weighted by atomic mass is 10.0. The summed E-state index contributed by atoms with van der Waals surface area (Å²) in [6, 6.07) is 10.2. The third-order valence-electron chi connectivity index (χ3n) is 3.32. The number of halogens is 1. The highest BCUT2D eigenvalue weighted by atomic mass is 79.9. The van der Waals surface area contributed by atoms with Crippen LogP contribution in [0.15, 0.2) is 39.2 Å². The van der Waals surface area contributed by atoms with E-state index in [1.54, 1.807) is 0 Å². The molecule has 0 aliphatic heterocycles. The molecule has 21 heavy (non-hydrogen) atoms. The van der Waals surface area contributed by atoms with Gasteiger partial charge >= 0.3 is 0 Å². The van der Waals surface area contributed by atoms with E-state index >= 15 is 0 Å². The van der Waals surface area contributed by atoms with Gasteiger partial charge in [-0.05, 0) is 43.3 Å². The molecule has 1 aromatic carbocycles. The first-order valence-corrected chi connectivity index (χ1v) is 8.23. The molecule has 1 aromatic heterocycles. The Hall–Kier alpha value is -1.26. The molecular formula is C17H22BrNO2. The van der Waals surface area contributed by atoms with Crippen molar-refractivity contribution in [1.29, 1.82) is 0 Å². The van der Waals surface area contributed by atoms with E-state index in [4.69, 9.17) is 9.15 Å². The molecule has 0 bridgehead atoms. The predicted octanol–water partition coefficient (Wildman–Crippen LogP) is 4.70. The minimum Gasteiger partial charge on any atom is -0.494 e. The molecule has 0 saturated heterocycles. The molecule has 4 heteroatoms. The zero-order valence-electron chi connectivity index (χ0n) is 12.8. The first-order valence-electron chi connectivity index (χ1n) is 7.43. The van der Waals surface area contributed by atoms with Crippen molar-refractivity contribution in [2.75, 3.05) is 13.2 Å². The van der Waals surface area contributed by atoms with E-state index in [1.807, 2.05) is 25.1 Å². The Labute approximate surface area is 134 Å². The summed E-state index contributed by atoms with van der Waals surface area (Å²) >= 11 is 3.65. The number of nitrogens with one attached hydrogen (secondary N) is 1. The molecule has 1 N–H and O–H groups in total. The maximum absolute atomic E-state index is 5.92. The maximum Gasteiger partial charge on any atom is 0.125 e. The Morgan fingerprint density at radius 2 is 2.00 bits per heavy atom. The van der Waals surface area contributed by atoms with E-state index in [-0.39, 0.29) is 6.04 Å². The number of hydrogen-bond acceptors (Lipinski definition) is 3. The SMILES string of the molecule is CCNC(c1ccc(CC)o1)c1ccc(OCC)cc1Br. The van der Waals surface area contributed by atoms with Gasteiger partial charge in [0.15, 0.2) is 0 Å². The van der Waals surface area contributed by atoms with E-state index in [0.29, 0.717) is 6.61 Å². The molecule has 0 saturated carbocycles. The van der Waals surface area contributed by atoms with Gasteiger partial charge in [0.1, 0.15) is 17.3 Å². The monoisotopic (exact) mass is 351 g/mol. The highest BCUT2D eigenvalue weighted by molar-refractivity contribution is 9.10. The highest BCUT2D eigenvalue weighted by Gasteiger charge is 2.19. The summed E-state index contributed by atoms with van der Waals surface area (Å²) in [5.74, 6) is 2.82. The molecule has 0 amide bonds. The van der Waals surface area contributed by atoms with Crippen molar-refractivity contribution in [3.63, 3.8) is 0 Å². The lowest BCUT2D eigenvalue weighted by Gasteiger charge is -2.18. The summed E-state index contributed by atoms with van der Waals surface area (Å²) in [6.45, 7) is 7.71. The lowest BCUT2D eigenvalue weighted by Crippen LogP contribution is -2.22. The van der Waals surface area contributed by atoms with Crippen LogP contribution in [0.2, 0.25) is 0 Å².